The van der Waals surface area contributed by atoms with Gasteiger partial charge < -0.3 is 15.5 Å². The molecule has 112 valence electrons. The second-order valence-electron chi connectivity index (χ2n) is 5.56. The molecule has 0 spiro atoms. The standard InChI is InChI=1S/C15H23F2N3/c1-19(9-10-20-7-2-3-8-20)11-14(18)12-5-4-6-13(16)15(12)17/h4-6,14H,2-3,7-11,18H2,1H3. The maximum absolute atomic E-state index is 13.7. The van der Waals surface area contributed by atoms with Crippen molar-refractivity contribution in [2.24, 2.45) is 5.73 Å². The number of nitrogens with two attached hydrogens (primary N) is 1. The van der Waals surface area contributed by atoms with Crippen molar-refractivity contribution < 1.29 is 8.78 Å². The molecule has 1 aromatic rings. The van der Waals surface area contributed by atoms with E-state index in [1.165, 1.54) is 32.0 Å². The van der Waals surface area contributed by atoms with E-state index < -0.39 is 17.7 Å². The Labute approximate surface area is 119 Å². The Bertz CT molecular complexity index is 433. The third-order valence-electron chi connectivity index (χ3n) is 3.89. The monoisotopic (exact) mass is 283 g/mol. The predicted molar refractivity (Wildman–Crippen MR) is 76.5 cm³/mol. The van der Waals surface area contributed by atoms with Gasteiger partial charge in [0, 0.05) is 31.2 Å². The molecule has 0 amide bonds. The molecule has 3 nitrogen and oxygen atoms in total. The zero-order valence-electron chi connectivity index (χ0n) is 12.0. The van der Waals surface area contributed by atoms with E-state index in [2.05, 4.69) is 9.80 Å². The van der Waals surface area contributed by atoms with Crippen molar-refractivity contribution in [1.82, 2.24) is 9.80 Å². The summed E-state index contributed by atoms with van der Waals surface area (Å²) in [5, 5.41) is 0. The number of halogens is 2. The van der Waals surface area contributed by atoms with Crippen molar-refractivity contribution >= 4 is 0 Å². The minimum Gasteiger partial charge on any atom is -0.323 e. The molecule has 1 heterocycles. The first-order valence-electron chi connectivity index (χ1n) is 7.18. The summed E-state index contributed by atoms with van der Waals surface area (Å²) in [4.78, 5) is 4.50. The van der Waals surface area contributed by atoms with Gasteiger partial charge in [0.2, 0.25) is 0 Å². The molecule has 0 saturated carbocycles. The van der Waals surface area contributed by atoms with Crippen LogP contribution in [0.1, 0.15) is 24.4 Å². The summed E-state index contributed by atoms with van der Waals surface area (Å²) in [6.45, 7) is 4.75. The molecular weight excluding hydrogens is 260 g/mol. The van der Waals surface area contributed by atoms with Crippen LogP contribution in [0, 0.1) is 11.6 Å². The molecule has 20 heavy (non-hydrogen) atoms. The highest BCUT2D eigenvalue weighted by atomic mass is 19.2. The number of likely N-dealkylation sites (N-methyl/N-ethyl adjacent to an activating group) is 1. The minimum atomic E-state index is -0.835. The lowest BCUT2D eigenvalue weighted by Gasteiger charge is -2.24. The summed E-state index contributed by atoms with van der Waals surface area (Å²) in [6.07, 6.45) is 2.55. The van der Waals surface area contributed by atoms with E-state index in [0.717, 1.165) is 19.2 Å². The molecule has 1 aliphatic heterocycles. The highest BCUT2D eigenvalue weighted by molar-refractivity contribution is 5.22. The number of benzene rings is 1. The molecule has 1 aliphatic rings. The molecular formula is C15H23F2N3. The summed E-state index contributed by atoms with van der Waals surface area (Å²) < 4.78 is 26.8. The van der Waals surface area contributed by atoms with Gasteiger partial charge in [-0.15, -0.1) is 0 Å². The molecule has 1 atom stereocenters. The van der Waals surface area contributed by atoms with Gasteiger partial charge in [-0.1, -0.05) is 12.1 Å². The van der Waals surface area contributed by atoms with Crippen LogP contribution in [0.3, 0.4) is 0 Å². The SMILES string of the molecule is CN(CCN1CCCC1)CC(N)c1cccc(F)c1F. The molecule has 0 aliphatic carbocycles. The van der Waals surface area contributed by atoms with E-state index in [1.807, 2.05) is 7.05 Å². The second-order valence-corrected chi connectivity index (χ2v) is 5.56. The van der Waals surface area contributed by atoms with Crippen LogP contribution in [0.15, 0.2) is 18.2 Å². The predicted octanol–water partition coefficient (Wildman–Crippen LogP) is 1.99. The van der Waals surface area contributed by atoms with Gasteiger partial charge in [-0.2, -0.15) is 0 Å². The Hall–Kier alpha value is -1.04. The summed E-state index contributed by atoms with van der Waals surface area (Å²) in [7, 11) is 1.97. The fourth-order valence-electron chi connectivity index (χ4n) is 2.65. The number of hydrogen-bond donors (Lipinski definition) is 1. The van der Waals surface area contributed by atoms with Crippen LogP contribution < -0.4 is 5.73 Å². The lowest BCUT2D eigenvalue weighted by molar-refractivity contribution is 0.247. The molecule has 2 rings (SSSR count). The summed E-state index contributed by atoms with van der Waals surface area (Å²) >= 11 is 0. The van der Waals surface area contributed by atoms with Crippen molar-refractivity contribution in [2.45, 2.75) is 18.9 Å². The van der Waals surface area contributed by atoms with E-state index >= 15 is 0 Å². The van der Waals surface area contributed by atoms with Crippen LogP contribution >= 0.6 is 0 Å². The van der Waals surface area contributed by atoms with Crippen LogP contribution in [0.4, 0.5) is 8.78 Å². The van der Waals surface area contributed by atoms with E-state index in [4.69, 9.17) is 5.73 Å². The second kappa shape index (κ2) is 7.11. The van der Waals surface area contributed by atoms with Gasteiger partial charge in [0.05, 0.1) is 0 Å². The summed E-state index contributed by atoms with van der Waals surface area (Å²) in [5.74, 6) is -1.66. The first-order chi connectivity index (χ1) is 9.58. The van der Waals surface area contributed by atoms with Crippen molar-refractivity contribution in [3.8, 4) is 0 Å². The van der Waals surface area contributed by atoms with Crippen molar-refractivity contribution in [3.63, 3.8) is 0 Å². The Morgan fingerprint density at radius 2 is 2.00 bits per heavy atom. The fraction of sp³-hybridized carbons (Fsp3) is 0.600. The average Bonchev–Trinajstić information content (AvgIpc) is 2.92. The van der Waals surface area contributed by atoms with Crippen LogP contribution in [-0.2, 0) is 0 Å². The van der Waals surface area contributed by atoms with E-state index in [9.17, 15) is 8.78 Å². The van der Waals surface area contributed by atoms with Crippen LogP contribution in [0.5, 0.6) is 0 Å². The topological polar surface area (TPSA) is 32.5 Å². The van der Waals surface area contributed by atoms with E-state index in [-0.39, 0.29) is 5.56 Å². The smallest absolute Gasteiger partial charge is 0.163 e. The van der Waals surface area contributed by atoms with Crippen LogP contribution in [0.2, 0.25) is 0 Å². The first-order valence-corrected chi connectivity index (χ1v) is 7.18. The van der Waals surface area contributed by atoms with Crippen LogP contribution in [-0.4, -0.2) is 49.6 Å². The Morgan fingerprint density at radius 1 is 1.30 bits per heavy atom. The third-order valence-corrected chi connectivity index (χ3v) is 3.89. The van der Waals surface area contributed by atoms with Gasteiger partial charge in [0.15, 0.2) is 11.6 Å². The molecule has 1 saturated heterocycles. The molecule has 0 radical (unpaired) electrons. The maximum Gasteiger partial charge on any atom is 0.163 e. The molecule has 5 heteroatoms. The van der Waals surface area contributed by atoms with Gasteiger partial charge in [0.25, 0.3) is 0 Å². The lowest BCUT2D eigenvalue weighted by Crippen LogP contribution is -2.35. The lowest BCUT2D eigenvalue weighted by atomic mass is 10.1. The Morgan fingerprint density at radius 3 is 2.70 bits per heavy atom. The quantitative estimate of drug-likeness (QED) is 0.866. The Balaban J connectivity index is 1.83. The molecule has 0 aromatic heterocycles. The zero-order valence-corrected chi connectivity index (χ0v) is 12.0. The van der Waals surface area contributed by atoms with Gasteiger partial charge in [-0.05, 0) is 39.0 Å². The normalized spacial score (nSPS) is 17.9. The molecule has 1 aromatic carbocycles. The number of likely N-dealkylation sites (tertiary alicyclic amines) is 1. The number of rotatable bonds is 6. The third kappa shape index (κ3) is 3.98. The minimum absolute atomic E-state index is 0.248. The van der Waals surface area contributed by atoms with Crippen molar-refractivity contribution in [1.29, 1.82) is 0 Å². The highest BCUT2D eigenvalue weighted by Gasteiger charge is 2.17. The zero-order chi connectivity index (χ0) is 14.5. The van der Waals surface area contributed by atoms with Gasteiger partial charge in [-0.25, -0.2) is 8.78 Å². The largest absolute Gasteiger partial charge is 0.323 e. The molecule has 2 N–H and O–H groups in total. The van der Waals surface area contributed by atoms with Crippen LogP contribution in [0.25, 0.3) is 0 Å². The summed E-state index contributed by atoms with van der Waals surface area (Å²) in [5.41, 5.74) is 6.24. The van der Waals surface area contributed by atoms with E-state index in [1.54, 1.807) is 6.07 Å². The highest BCUT2D eigenvalue weighted by Crippen LogP contribution is 2.18. The number of hydrogen-bond acceptors (Lipinski definition) is 3. The molecule has 1 unspecified atom stereocenters. The van der Waals surface area contributed by atoms with Crippen molar-refractivity contribution in [3.05, 3.63) is 35.4 Å². The maximum atomic E-state index is 13.7. The number of nitrogens with zero attached hydrogens (tertiary/aromatic N) is 2. The summed E-state index contributed by atoms with van der Waals surface area (Å²) in [6, 6.07) is 3.66. The average molecular weight is 283 g/mol. The van der Waals surface area contributed by atoms with Gasteiger partial charge in [-0.3, -0.25) is 0 Å². The van der Waals surface area contributed by atoms with Gasteiger partial charge in [0.1, 0.15) is 0 Å². The van der Waals surface area contributed by atoms with Gasteiger partial charge >= 0.3 is 0 Å². The first kappa shape index (κ1) is 15.4. The van der Waals surface area contributed by atoms with E-state index in [0.29, 0.717) is 6.54 Å². The molecule has 0 bridgehead atoms. The van der Waals surface area contributed by atoms with Crippen molar-refractivity contribution in [2.75, 3.05) is 39.8 Å². The molecule has 1 fully saturated rings. The Kier molecular flexibility index (Phi) is 5.46. The fourth-order valence-corrected chi connectivity index (χ4v) is 2.65.